The van der Waals surface area contributed by atoms with Crippen LogP contribution in [0.4, 0.5) is 10.6 Å². The number of nitrogens with zero attached hydrogens (tertiary/aromatic N) is 3. The number of primary amides is 1. The second-order valence-corrected chi connectivity index (χ2v) is 7.27. The summed E-state index contributed by atoms with van der Waals surface area (Å²) in [7, 11) is 1.45. The van der Waals surface area contributed by atoms with Crippen molar-refractivity contribution in [2.45, 2.75) is 45.8 Å². The van der Waals surface area contributed by atoms with Gasteiger partial charge in [0, 0.05) is 19.6 Å². The SMILES string of the molecule is CC[C@@H]1CN(c2ccc(C(N)=O)c(OC)n2)CCN1C(=O)OC(C)(C)C. The van der Waals surface area contributed by atoms with Gasteiger partial charge in [-0.2, -0.15) is 4.98 Å². The van der Waals surface area contributed by atoms with Crippen LogP contribution in [0.2, 0.25) is 0 Å². The van der Waals surface area contributed by atoms with Crippen molar-refractivity contribution in [2.75, 3.05) is 31.6 Å². The zero-order valence-corrected chi connectivity index (χ0v) is 16.1. The molecule has 2 N–H and O–H groups in total. The average Bonchev–Trinajstić information content (AvgIpc) is 2.58. The van der Waals surface area contributed by atoms with Gasteiger partial charge in [-0.1, -0.05) is 6.92 Å². The summed E-state index contributed by atoms with van der Waals surface area (Å²) in [4.78, 5) is 32.1. The third-order valence-electron chi connectivity index (χ3n) is 4.21. The predicted molar refractivity (Wildman–Crippen MR) is 98.5 cm³/mol. The van der Waals surface area contributed by atoms with E-state index in [0.29, 0.717) is 25.5 Å². The van der Waals surface area contributed by atoms with Crippen LogP contribution in [0.5, 0.6) is 5.88 Å². The minimum Gasteiger partial charge on any atom is -0.480 e. The molecular weight excluding hydrogens is 336 g/mol. The van der Waals surface area contributed by atoms with Crippen LogP contribution >= 0.6 is 0 Å². The Morgan fingerprint density at radius 1 is 1.31 bits per heavy atom. The lowest BCUT2D eigenvalue weighted by molar-refractivity contribution is 0.0136. The van der Waals surface area contributed by atoms with Gasteiger partial charge in [-0.3, -0.25) is 4.79 Å². The molecule has 0 saturated carbocycles. The number of amides is 2. The summed E-state index contributed by atoms with van der Waals surface area (Å²) in [5, 5.41) is 0. The molecular formula is C18H28N4O4. The van der Waals surface area contributed by atoms with Crippen molar-refractivity contribution < 1.29 is 19.1 Å². The van der Waals surface area contributed by atoms with E-state index < -0.39 is 11.5 Å². The van der Waals surface area contributed by atoms with Crippen LogP contribution in [-0.2, 0) is 4.74 Å². The minimum atomic E-state index is -0.581. The number of carbonyl (C=O) groups is 2. The molecule has 2 amide bonds. The molecule has 1 atom stereocenters. The number of carbonyl (C=O) groups excluding carboxylic acids is 2. The molecule has 0 spiro atoms. The lowest BCUT2D eigenvalue weighted by Crippen LogP contribution is -2.56. The van der Waals surface area contributed by atoms with E-state index in [0.717, 1.165) is 6.42 Å². The van der Waals surface area contributed by atoms with Crippen LogP contribution in [0, 0.1) is 0 Å². The van der Waals surface area contributed by atoms with Gasteiger partial charge in [0.25, 0.3) is 5.91 Å². The normalized spacial score (nSPS) is 17.8. The molecule has 1 aliphatic heterocycles. The molecule has 0 radical (unpaired) electrons. The van der Waals surface area contributed by atoms with Crippen molar-refractivity contribution in [3.05, 3.63) is 17.7 Å². The zero-order chi connectivity index (χ0) is 19.5. The maximum Gasteiger partial charge on any atom is 0.410 e. The second kappa shape index (κ2) is 7.80. The van der Waals surface area contributed by atoms with Gasteiger partial charge in [0.1, 0.15) is 17.0 Å². The first-order chi connectivity index (χ1) is 12.2. The first-order valence-corrected chi connectivity index (χ1v) is 8.75. The summed E-state index contributed by atoms with van der Waals surface area (Å²) in [6, 6.07) is 3.38. The topological polar surface area (TPSA) is 98.0 Å². The molecule has 2 heterocycles. The van der Waals surface area contributed by atoms with Gasteiger partial charge in [0.2, 0.25) is 5.88 Å². The van der Waals surface area contributed by atoms with Crippen molar-refractivity contribution in [1.29, 1.82) is 0 Å². The molecule has 8 heteroatoms. The molecule has 0 bridgehead atoms. The van der Waals surface area contributed by atoms with Crippen LogP contribution in [0.15, 0.2) is 12.1 Å². The number of methoxy groups -OCH3 is 1. The molecule has 1 aromatic rings. The van der Waals surface area contributed by atoms with Crippen molar-refractivity contribution >= 4 is 17.8 Å². The van der Waals surface area contributed by atoms with Gasteiger partial charge in [-0.15, -0.1) is 0 Å². The number of nitrogens with two attached hydrogens (primary N) is 1. The fraction of sp³-hybridized carbons (Fsp3) is 0.611. The Morgan fingerprint density at radius 3 is 2.54 bits per heavy atom. The third kappa shape index (κ3) is 4.56. The summed E-state index contributed by atoms with van der Waals surface area (Å²) in [6.07, 6.45) is 0.505. The van der Waals surface area contributed by atoms with Crippen LogP contribution in [0.3, 0.4) is 0 Å². The molecule has 0 aromatic carbocycles. The number of aromatic nitrogens is 1. The van der Waals surface area contributed by atoms with Gasteiger partial charge in [0.05, 0.1) is 13.2 Å². The van der Waals surface area contributed by atoms with Crippen LogP contribution < -0.4 is 15.4 Å². The van der Waals surface area contributed by atoms with E-state index in [9.17, 15) is 9.59 Å². The van der Waals surface area contributed by atoms with Crippen molar-refractivity contribution in [3.8, 4) is 5.88 Å². The van der Waals surface area contributed by atoms with Gasteiger partial charge >= 0.3 is 6.09 Å². The van der Waals surface area contributed by atoms with Crippen LogP contribution in [-0.4, -0.2) is 60.3 Å². The van der Waals surface area contributed by atoms with Gasteiger partial charge < -0.3 is 25.0 Å². The number of piperazine rings is 1. The number of hydrogen-bond donors (Lipinski definition) is 1. The van der Waals surface area contributed by atoms with E-state index in [1.54, 1.807) is 17.0 Å². The Kier molecular flexibility index (Phi) is 5.94. The summed E-state index contributed by atoms with van der Waals surface area (Å²) in [5.74, 6) is 0.314. The summed E-state index contributed by atoms with van der Waals surface area (Å²) >= 11 is 0. The van der Waals surface area contributed by atoms with Gasteiger partial charge in [0.15, 0.2) is 0 Å². The van der Waals surface area contributed by atoms with E-state index in [2.05, 4.69) is 9.88 Å². The number of ether oxygens (including phenoxy) is 2. The molecule has 0 unspecified atom stereocenters. The number of pyridine rings is 1. The first kappa shape index (κ1) is 19.8. The summed E-state index contributed by atoms with van der Waals surface area (Å²) < 4.78 is 10.7. The molecule has 1 fully saturated rings. The highest BCUT2D eigenvalue weighted by Crippen LogP contribution is 2.25. The molecule has 0 aliphatic carbocycles. The van der Waals surface area contributed by atoms with Crippen molar-refractivity contribution in [1.82, 2.24) is 9.88 Å². The van der Waals surface area contributed by atoms with Gasteiger partial charge in [-0.25, -0.2) is 4.79 Å². The van der Waals surface area contributed by atoms with Crippen molar-refractivity contribution in [2.24, 2.45) is 5.73 Å². The molecule has 1 aliphatic rings. The molecule has 1 saturated heterocycles. The molecule has 144 valence electrons. The number of anilines is 1. The Bertz CT molecular complexity index is 672. The van der Waals surface area contributed by atoms with Crippen LogP contribution in [0.25, 0.3) is 0 Å². The van der Waals surface area contributed by atoms with Crippen LogP contribution in [0.1, 0.15) is 44.5 Å². The van der Waals surface area contributed by atoms with E-state index in [1.807, 2.05) is 27.7 Å². The summed E-state index contributed by atoms with van der Waals surface area (Å²) in [6.45, 7) is 9.39. The Balaban J connectivity index is 2.15. The standard InChI is InChI=1S/C18H28N4O4/c1-6-12-11-21(9-10-22(12)17(24)26-18(2,3)4)14-8-7-13(15(19)23)16(20-14)25-5/h7-8,12H,6,9-11H2,1-5H3,(H2,19,23)/t12-/m1/s1. The van der Waals surface area contributed by atoms with E-state index in [1.165, 1.54) is 7.11 Å². The highest BCUT2D eigenvalue weighted by molar-refractivity contribution is 5.95. The molecule has 26 heavy (non-hydrogen) atoms. The molecule has 1 aromatic heterocycles. The average molecular weight is 364 g/mol. The Labute approximate surface area is 154 Å². The summed E-state index contributed by atoms with van der Waals surface area (Å²) in [5.41, 5.74) is 5.06. The minimum absolute atomic E-state index is 0.0159. The molecule has 2 rings (SSSR count). The predicted octanol–water partition coefficient (Wildman–Crippen LogP) is 2.02. The highest BCUT2D eigenvalue weighted by atomic mass is 16.6. The van der Waals surface area contributed by atoms with E-state index >= 15 is 0 Å². The first-order valence-electron chi connectivity index (χ1n) is 8.75. The van der Waals surface area contributed by atoms with E-state index in [-0.39, 0.29) is 23.6 Å². The lowest BCUT2D eigenvalue weighted by Gasteiger charge is -2.42. The van der Waals surface area contributed by atoms with Crippen molar-refractivity contribution in [3.63, 3.8) is 0 Å². The second-order valence-electron chi connectivity index (χ2n) is 7.27. The number of rotatable bonds is 4. The number of hydrogen-bond acceptors (Lipinski definition) is 6. The maximum absolute atomic E-state index is 12.4. The quantitative estimate of drug-likeness (QED) is 0.878. The fourth-order valence-corrected chi connectivity index (χ4v) is 2.92. The Morgan fingerprint density at radius 2 is 2.00 bits per heavy atom. The fourth-order valence-electron chi connectivity index (χ4n) is 2.92. The lowest BCUT2D eigenvalue weighted by atomic mass is 10.1. The monoisotopic (exact) mass is 364 g/mol. The van der Waals surface area contributed by atoms with Gasteiger partial charge in [-0.05, 0) is 39.3 Å². The smallest absolute Gasteiger partial charge is 0.410 e. The zero-order valence-electron chi connectivity index (χ0n) is 16.1. The third-order valence-corrected chi connectivity index (χ3v) is 4.21. The highest BCUT2D eigenvalue weighted by Gasteiger charge is 2.33. The largest absolute Gasteiger partial charge is 0.480 e. The Hall–Kier alpha value is -2.51. The molecule has 8 nitrogen and oxygen atoms in total. The van der Waals surface area contributed by atoms with E-state index in [4.69, 9.17) is 15.2 Å². The maximum atomic E-state index is 12.4.